The van der Waals surface area contributed by atoms with E-state index in [0.29, 0.717) is 5.56 Å². The zero-order valence-corrected chi connectivity index (χ0v) is 13.1. The van der Waals surface area contributed by atoms with Crippen LogP contribution in [0.4, 0.5) is 0 Å². The van der Waals surface area contributed by atoms with E-state index in [1.165, 1.54) is 19.2 Å². The van der Waals surface area contributed by atoms with E-state index in [4.69, 9.17) is 0 Å². The van der Waals surface area contributed by atoms with Gasteiger partial charge in [0.2, 0.25) is 10.0 Å². The summed E-state index contributed by atoms with van der Waals surface area (Å²) in [6.45, 7) is 5.54. The standard InChI is InChI=1S/C14H21NO4S/c1-5-6-11(3)15-20(17,18)12-8-7-10(2)13(9-12)14(16)19-4/h7-9,11,15H,5-6H2,1-4H3. The molecule has 1 aromatic carbocycles. The molecule has 1 rings (SSSR count). The van der Waals surface area contributed by atoms with E-state index in [-0.39, 0.29) is 16.5 Å². The third-order valence-electron chi connectivity index (χ3n) is 3.00. The van der Waals surface area contributed by atoms with Crippen LogP contribution in [0.25, 0.3) is 0 Å². The van der Waals surface area contributed by atoms with E-state index in [2.05, 4.69) is 9.46 Å². The first-order valence-electron chi connectivity index (χ1n) is 6.53. The Hall–Kier alpha value is -1.40. The Morgan fingerprint density at radius 2 is 2.05 bits per heavy atom. The van der Waals surface area contributed by atoms with Gasteiger partial charge in [0.25, 0.3) is 0 Å². The number of aryl methyl sites for hydroxylation is 1. The van der Waals surface area contributed by atoms with Crippen molar-refractivity contribution in [3.8, 4) is 0 Å². The minimum absolute atomic E-state index is 0.0754. The molecule has 0 spiro atoms. The number of nitrogens with one attached hydrogen (secondary N) is 1. The van der Waals surface area contributed by atoms with Gasteiger partial charge in [0, 0.05) is 6.04 Å². The summed E-state index contributed by atoms with van der Waals surface area (Å²) in [5.74, 6) is -0.541. The van der Waals surface area contributed by atoms with E-state index >= 15 is 0 Å². The minimum Gasteiger partial charge on any atom is -0.465 e. The van der Waals surface area contributed by atoms with Gasteiger partial charge in [0.15, 0.2) is 0 Å². The highest BCUT2D eigenvalue weighted by Crippen LogP contribution is 2.17. The second kappa shape index (κ2) is 6.85. The number of ether oxygens (including phenoxy) is 1. The van der Waals surface area contributed by atoms with Crippen LogP contribution in [0.15, 0.2) is 23.1 Å². The predicted octanol–water partition coefficient (Wildman–Crippen LogP) is 2.25. The quantitative estimate of drug-likeness (QED) is 0.818. The Balaban J connectivity index is 3.10. The number of rotatable bonds is 6. The molecule has 1 N–H and O–H groups in total. The van der Waals surface area contributed by atoms with Crippen molar-refractivity contribution in [3.05, 3.63) is 29.3 Å². The van der Waals surface area contributed by atoms with Gasteiger partial charge in [-0.25, -0.2) is 17.9 Å². The molecule has 0 aliphatic heterocycles. The Bertz CT molecular complexity index is 581. The summed E-state index contributed by atoms with van der Waals surface area (Å²) < 4.78 is 31.7. The molecule has 0 saturated heterocycles. The van der Waals surface area contributed by atoms with Crippen LogP contribution in [0.3, 0.4) is 0 Å². The van der Waals surface area contributed by atoms with Crippen molar-refractivity contribution in [1.82, 2.24) is 4.72 Å². The molecule has 20 heavy (non-hydrogen) atoms. The van der Waals surface area contributed by atoms with Gasteiger partial charge < -0.3 is 4.74 Å². The van der Waals surface area contributed by atoms with E-state index in [1.54, 1.807) is 13.0 Å². The summed E-state index contributed by atoms with van der Waals surface area (Å²) in [6, 6.07) is 4.30. The normalized spacial score (nSPS) is 13.0. The lowest BCUT2D eigenvalue weighted by Crippen LogP contribution is -2.32. The molecule has 0 amide bonds. The van der Waals surface area contributed by atoms with Crippen LogP contribution in [0.1, 0.15) is 42.6 Å². The van der Waals surface area contributed by atoms with Crippen molar-refractivity contribution in [3.63, 3.8) is 0 Å². The number of benzene rings is 1. The fraction of sp³-hybridized carbons (Fsp3) is 0.500. The van der Waals surface area contributed by atoms with Crippen LogP contribution < -0.4 is 4.72 Å². The summed E-state index contributed by atoms with van der Waals surface area (Å²) >= 11 is 0. The maximum atomic E-state index is 12.2. The van der Waals surface area contributed by atoms with E-state index < -0.39 is 16.0 Å². The Labute approximate surface area is 120 Å². The topological polar surface area (TPSA) is 72.5 Å². The average Bonchev–Trinajstić information content (AvgIpc) is 2.37. The molecule has 0 saturated carbocycles. The first kappa shape index (κ1) is 16.7. The zero-order valence-electron chi connectivity index (χ0n) is 12.3. The van der Waals surface area contributed by atoms with Crippen LogP contribution in [-0.4, -0.2) is 27.5 Å². The van der Waals surface area contributed by atoms with E-state index in [1.807, 2.05) is 13.8 Å². The van der Waals surface area contributed by atoms with Crippen LogP contribution in [-0.2, 0) is 14.8 Å². The average molecular weight is 299 g/mol. The summed E-state index contributed by atoms with van der Waals surface area (Å²) in [4.78, 5) is 11.7. The number of sulfonamides is 1. The lowest BCUT2D eigenvalue weighted by molar-refractivity contribution is 0.0599. The fourth-order valence-corrected chi connectivity index (χ4v) is 3.23. The molecule has 1 aromatic rings. The molecular formula is C14H21NO4S. The first-order chi connectivity index (χ1) is 9.31. The summed E-state index contributed by atoms with van der Waals surface area (Å²) in [6.07, 6.45) is 1.65. The molecule has 5 nitrogen and oxygen atoms in total. The lowest BCUT2D eigenvalue weighted by atomic mass is 10.1. The lowest BCUT2D eigenvalue weighted by Gasteiger charge is -2.14. The molecule has 0 heterocycles. The maximum absolute atomic E-state index is 12.2. The highest BCUT2D eigenvalue weighted by Gasteiger charge is 2.20. The smallest absolute Gasteiger partial charge is 0.338 e. The molecule has 112 valence electrons. The molecule has 0 radical (unpaired) electrons. The van der Waals surface area contributed by atoms with Crippen molar-refractivity contribution in [2.45, 2.75) is 44.6 Å². The number of carbonyl (C=O) groups excluding carboxylic acids is 1. The summed E-state index contributed by atoms with van der Waals surface area (Å²) in [5, 5.41) is 0. The molecule has 0 aliphatic carbocycles. The molecule has 0 aromatic heterocycles. The van der Waals surface area contributed by atoms with Crippen molar-refractivity contribution >= 4 is 16.0 Å². The fourth-order valence-electron chi connectivity index (χ4n) is 1.92. The van der Waals surface area contributed by atoms with Crippen LogP contribution in [0.5, 0.6) is 0 Å². The van der Waals surface area contributed by atoms with Crippen LogP contribution >= 0.6 is 0 Å². The van der Waals surface area contributed by atoms with Crippen molar-refractivity contribution in [2.75, 3.05) is 7.11 Å². The highest BCUT2D eigenvalue weighted by atomic mass is 32.2. The largest absolute Gasteiger partial charge is 0.465 e. The van der Waals surface area contributed by atoms with Gasteiger partial charge in [-0.1, -0.05) is 19.4 Å². The number of methoxy groups -OCH3 is 1. The first-order valence-corrected chi connectivity index (χ1v) is 8.01. The number of hydrogen-bond acceptors (Lipinski definition) is 4. The second-order valence-electron chi connectivity index (χ2n) is 4.78. The van der Waals surface area contributed by atoms with Gasteiger partial charge in [-0.3, -0.25) is 0 Å². The van der Waals surface area contributed by atoms with E-state index in [9.17, 15) is 13.2 Å². The molecule has 0 fully saturated rings. The zero-order chi connectivity index (χ0) is 15.3. The van der Waals surface area contributed by atoms with Gasteiger partial charge >= 0.3 is 5.97 Å². The predicted molar refractivity (Wildman–Crippen MR) is 77.2 cm³/mol. The van der Waals surface area contributed by atoms with Gasteiger partial charge in [0.1, 0.15) is 0 Å². The maximum Gasteiger partial charge on any atom is 0.338 e. The van der Waals surface area contributed by atoms with Crippen LogP contribution in [0, 0.1) is 6.92 Å². The number of carbonyl (C=O) groups is 1. The number of hydrogen-bond donors (Lipinski definition) is 1. The molecule has 1 atom stereocenters. The molecular weight excluding hydrogens is 278 g/mol. The van der Waals surface area contributed by atoms with Gasteiger partial charge in [-0.2, -0.15) is 0 Å². The third-order valence-corrected chi connectivity index (χ3v) is 4.59. The summed E-state index contributed by atoms with van der Waals surface area (Å²) in [7, 11) is -2.35. The minimum atomic E-state index is -3.62. The summed E-state index contributed by atoms with van der Waals surface area (Å²) in [5.41, 5.74) is 0.941. The molecule has 6 heteroatoms. The Morgan fingerprint density at radius 3 is 2.60 bits per heavy atom. The van der Waals surface area contributed by atoms with Crippen molar-refractivity contribution in [2.24, 2.45) is 0 Å². The van der Waals surface area contributed by atoms with Crippen molar-refractivity contribution < 1.29 is 17.9 Å². The SMILES string of the molecule is CCCC(C)NS(=O)(=O)c1ccc(C)c(C(=O)OC)c1. The van der Waals surface area contributed by atoms with Crippen LogP contribution in [0.2, 0.25) is 0 Å². The monoisotopic (exact) mass is 299 g/mol. The van der Waals surface area contributed by atoms with Gasteiger partial charge in [-0.15, -0.1) is 0 Å². The highest BCUT2D eigenvalue weighted by molar-refractivity contribution is 7.89. The Kier molecular flexibility index (Phi) is 5.71. The van der Waals surface area contributed by atoms with Gasteiger partial charge in [-0.05, 0) is 38.0 Å². The second-order valence-corrected chi connectivity index (χ2v) is 6.49. The van der Waals surface area contributed by atoms with Crippen molar-refractivity contribution in [1.29, 1.82) is 0 Å². The molecule has 0 aliphatic rings. The third kappa shape index (κ3) is 4.05. The Morgan fingerprint density at radius 1 is 1.40 bits per heavy atom. The number of esters is 1. The molecule has 0 bridgehead atoms. The van der Waals surface area contributed by atoms with E-state index in [0.717, 1.165) is 12.8 Å². The molecule has 1 unspecified atom stereocenters. The van der Waals surface area contributed by atoms with Gasteiger partial charge in [0.05, 0.1) is 17.6 Å².